The maximum Gasteiger partial charge on any atom is 0.313 e. The first-order chi connectivity index (χ1) is 20.3. The van der Waals surface area contributed by atoms with Crippen LogP contribution < -0.4 is 0 Å². The Bertz CT molecular complexity index is 1240. The van der Waals surface area contributed by atoms with Crippen molar-refractivity contribution in [2.45, 2.75) is 106 Å². The van der Waals surface area contributed by atoms with Crippen LogP contribution in [0.25, 0.3) is 0 Å². The number of carbonyl (C=O) groups excluding carboxylic acids is 1. The summed E-state index contributed by atoms with van der Waals surface area (Å²) < 4.78 is 18.8. The molecule has 238 valence electrons. The molecule has 0 amide bonds. The monoisotopic (exact) mass is 592 g/mol. The molecular formula is C38H56O5. The first kappa shape index (κ1) is 31.3. The summed E-state index contributed by atoms with van der Waals surface area (Å²) >= 11 is 0. The summed E-state index contributed by atoms with van der Waals surface area (Å²) in [6.45, 7) is 18.0. The number of fused-ring (bicyclic) bond motifs is 3. The summed E-state index contributed by atoms with van der Waals surface area (Å²) in [6, 6.07) is 10.1. The lowest BCUT2D eigenvalue weighted by molar-refractivity contribution is -0.262. The number of aliphatic hydroxyl groups excluding tert-OH is 1. The number of ether oxygens (including phenoxy) is 3. The highest BCUT2D eigenvalue weighted by atomic mass is 16.5. The van der Waals surface area contributed by atoms with E-state index in [-0.39, 0.29) is 45.6 Å². The second-order valence-electron chi connectivity index (χ2n) is 16.3. The number of hydrogen-bond donors (Lipinski definition) is 1. The van der Waals surface area contributed by atoms with Crippen molar-refractivity contribution >= 4 is 5.97 Å². The van der Waals surface area contributed by atoms with Gasteiger partial charge in [0, 0.05) is 17.9 Å². The fourth-order valence-corrected chi connectivity index (χ4v) is 12.0. The van der Waals surface area contributed by atoms with Gasteiger partial charge >= 0.3 is 5.97 Å². The summed E-state index contributed by atoms with van der Waals surface area (Å²) in [5.41, 5.74) is 1.21. The molecule has 4 fully saturated rings. The maximum absolute atomic E-state index is 14.9. The zero-order valence-corrected chi connectivity index (χ0v) is 27.9. The van der Waals surface area contributed by atoms with Gasteiger partial charge in [0.15, 0.2) is 0 Å². The third kappa shape index (κ3) is 4.02. The average Bonchev–Trinajstić information content (AvgIpc) is 2.99. The normalized spacial score (nSPS) is 46.2. The van der Waals surface area contributed by atoms with E-state index in [1.165, 1.54) is 0 Å². The van der Waals surface area contributed by atoms with E-state index in [1.807, 2.05) is 30.3 Å². The summed E-state index contributed by atoms with van der Waals surface area (Å²) in [5.74, 6) is 1.48. The fraction of sp³-hybridized carbons (Fsp3) is 0.763. The highest BCUT2D eigenvalue weighted by Crippen LogP contribution is 2.76. The molecule has 5 aliphatic rings. The van der Waals surface area contributed by atoms with Crippen LogP contribution in [0.4, 0.5) is 0 Å². The summed E-state index contributed by atoms with van der Waals surface area (Å²) in [4.78, 5) is 14.9. The molecule has 5 nitrogen and oxygen atoms in total. The van der Waals surface area contributed by atoms with E-state index in [9.17, 15) is 9.90 Å². The Hall–Kier alpha value is -1.69. The van der Waals surface area contributed by atoms with Crippen LogP contribution in [0, 0.1) is 56.7 Å². The second-order valence-corrected chi connectivity index (χ2v) is 16.3. The number of rotatable bonds is 6. The predicted molar refractivity (Wildman–Crippen MR) is 169 cm³/mol. The minimum atomic E-state index is -0.602. The molecule has 1 aromatic carbocycles. The molecule has 1 N–H and O–H groups in total. The predicted octanol–water partition coefficient (Wildman–Crippen LogP) is 7.61. The molecule has 1 saturated heterocycles. The van der Waals surface area contributed by atoms with Gasteiger partial charge in [-0.2, -0.15) is 0 Å². The van der Waals surface area contributed by atoms with Gasteiger partial charge in [0.05, 0.1) is 30.8 Å². The number of allylic oxidation sites excluding steroid dienone is 1. The molecule has 2 bridgehead atoms. The van der Waals surface area contributed by atoms with E-state index >= 15 is 0 Å². The molecule has 0 aromatic heterocycles. The smallest absolute Gasteiger partial charge is 0.313 e. The van der Waals surface area contributed by atoms with Crippen LogP contribution in [0.1, 0.15) is 92.6 Å². The molecule has 11 atom stereocenters. The van der Waals surface area contributed by atoms with Gasteiger partial charge in [-0.25, -0.2) is 0 Å². The van der Waals surface area contributed by atoms with Gasteiger partial charge in [0.25, 0.3) is 0 Å². The highest BCUT2D eigenvalue weighted by molar-refractivity contribution is 5.79. The van der Waals surface area contributed by atoms with Crippen molar-refractivity contribution in [3.05, 3.63) is 47.5 Å². The van der Waals surface area contributed by atoms with Crippen LogP contribution in [0.2, 0.25) is 0 Å². The lowest BCUT2D eigenvalue weighted by Crippen LogP contribution is -2.71. The lowest BCUT2D eigenvalue weighted by atomic mass is 9.32. The van der Waals surface area contributed by atoms with Gasteiger partial charge in [0.1, 0.15) is 6.61 Å². The molecule has 1 aliphatic heterocycles. The molecule has 5 heteroatoms. The quantitative estimate of drug-likeness (QED) is 0.272. The summed E-state index contributed by atoms with van der Waals surface area (Å²) in [7, 11) is 1.75. The van der Waals surface area contributed by atoms with Crippen molar-refractivity contribution in [1.82, 2.24) is 0 Å². The number of esters is 1. The number of methoxy groups -OCH3 is 1. The molecule has 4 aliphatic carbocycles. The molecule has 3 saturated carbocycles. The number of hydrogen-bond acceptors (Lipinski definition) is 5. The highest BCUT2D eigenvalue weighted by Gasteiger charge is 2.74. The Morgan fingerprint density at radius 2 is 1.79 bits per heavy atom. The molecule has 43 heavy (non-hydrogen) atoms. The Kier molecular flexibility index (Phi) is 7.79. The van der Waals surface area contributed by atoms with Crippen molar-refractivity contribution in [2.24, 2.45) is 56.7 Å². The van der Waals surface area contributed by atoms with Crippen LogP contribution in [-0.2, 0) is 25.6 Å². The molecule has 6 rings (SSSR count). The van der Waals surface area contributed by atoms with Crippen molar-refractivity contribution in [3.8, 4) is 0 Å². The maximum atomic E-state index is 14.9. The van der Waals surface area contributed by atoms with Crippen LogP contribution in [0.5, 0.6) is 0 Å². The third-order valence-corrected chi connectivity index (χ3v) is 14.6. The third-order valence-electron chi connectivity index (χ3n) is 14.6. The summed E-state index contributed by atoms with van der Waals surface area (Å²) in [6.07, 6.45) is 7.84. The molecule has 1 unspecified atom stereocenters. The van der Waals surface area contributed by atoms with Gasteiger partial charge in [-0.15, -0.1) is 0 Å². The van der Waals surface area contributed by atoms with Crippen molar-refractivity contribution in [1.29, 1.82) is 0 Å². The molecule has 1 aromatic rings. The van der Waals surface area contributed by atoms with Crippen LogP contribution >= 0.6 is 0 Å². The van der Waals surface area contributed by atoms with Crippen molar-refractivity contribution < 1.29 is 24.1 Å². The van der Waals surface area contributed by atoms with E-state index in [4.69, 9.17) is 14.2 Å². The van der Waals surface area contributed by atoms with Crippen LogP contribution in [-0.4, -0.2) is 43.6 Å². The topological polar surface area (TPSA) is 65.0 Å². The Morgan fingerprint density at radius 1 is 1.07 bits per heavy atom. The SMILES string of the molecule is CO[C@@H]1C[C@@]23COC[C@](C)([C@@H]2CC[C@H]2C3=CC[C@]3(C)[C@]2(C)CCC(C)[C@]3(C(=O)OCc2ccccc2)[C@H](C)C(C)C)[C@H]1O. The van der Waals surface area contributed by atoms with Crippen molar-refractivity contribution in [3.63, 3.8) is 0 Å². The molecular weight excluding hydrogens is 536 g/mol. The molecule has 0 spiro atoms. The number of carbonyl (C=O) groups is 1. The lowest BCUT2D eigenvalue weighted by Gasteiger charge is -2.72. The van der Waals surface area contributed by atoms with Gasteiger partial charge in [-0.05, 0) is 84.5 Å². The number of aliphatic hydroxyl groups is 1. The van der Waals surface area contributed by atoms with Crippen LogP contribution in [0.3, 0.4) is 0 Å². The second kappa shape index (κ2) is 10.7. The Labute approximate surface area is 260 Å². The van der Waals surface area contributed by atoms with Crippen LogP contribution in [0.15, 0.2) is 42.0 Å². The minimum Gasteiger partial charge on any atom is -0.460 e. The Balaban J connectivity index is 1.46. The van der Waals surface area contributed by atoms with E-state index in [2.05, 4.69) is 54.5 Å². The molecule has 0 radical (unpaired) electrons. The van der Waals surface area contributed by atoms with Gasteiger partial charge in [0.2, 0.25) is 0 Å². The van der Waals surface area contributed by atoms with Crippen molar-refractivity contribution in [2.75, 3.05) is 20.3 Å². The van der Waals surface area contributed by atoms with E-state index in [0.29, 0.717) is 37.6 Å². The number of benzene rings is 1. The van der Waals surface area contributed by atoms with E-state index in [1.54, 1.807) is 12.7 Å². The van der Waals surface area contributed by atoms with Gasteiger partial charge in [-0.1, -0.05) is 90.4 Å². The average molecular weight is 593 g/mol. The van der Waals surface area contributed by atoms with E-state index < -0.39 is 11.5 Å². The molecule has 1 heterocycles. The Morgan fingerprint density at radius 3 is 2.47 bits per heavy atom. The minimum absolute atomic E-state index is 0.00371. The zero-order valence-electron chi connectivity index (χ0n) is 27.9. The standard InChI is InChI=1S/C38H56O5/c1-24(2)26(4)38(33(40)43-21-27-12-10-9-11-13-27)25(3)16-18-35(6)28-14-15-31-34(5)22-42-23-37(31,20-30(41-8)32(34)39)29(28)17-19-36(35,38)7/h9-13,17,24-26,28,30-32,39H,14-16,18-23H2,1-8H3/t25?,26-,28+,30-,31+,32+,34-,35-,36-,37+,38-/m1/s1. The van der Waals surface area contributed by atoms with Gasteiger partial charge < -0.3 is 19.3 Å². The first-order valence-corrected chi connectivity index (χ1v) is 17.0. The zero-order chi connectivity index (χ0) is 31.0. The fourth-order valence-electron chi connectivity index (χ4n) is 12.0. The first-order valence-electron chi connectivity index (χ1n) is 17.0. The van der Waals surface area contributed by atoms with Gasteiger partial charge in [-0.3, -0.25) is 4.79 Å². The summed E-state index contributed by atoms with van der Waals surface area (Å²) in [5, 5.41) is 11.5. The largest absolute Gasteiger partial charge is 0.460 e. The van der Waals surface area contributed by atoms with E-state index in [0.717, 1.165) is 44.1 Å².